The van der Waals surface area contributed by atoms with Crippen LogP contribution in [0.5, 0.6) is 0 Å². The van der Waals surface area contributed by atoms with Gasteiger partial charge in [-0.2, -0.15) is 0 Å². The second-order valence-electron chi connectivity index (χ2n) is 3.56. The van der Waals surface area contributed by atoms with E-state index in [1.54, 1.807) is 24.3 Å². The van der Waals surface area contributed by atoms with Crippen molar-refractivity contribution in [3.8, 4) is 0 Å². The normalized spacial score (nSPS) is 11.7. The quantitative estimate of drug-likeness (QED) is 0.830. The molecule has 0 bridgehead atoms. The minimum atomic E-state index is -0.897. The second kappa shape index (κ2) is 6.98. The van der Waals surface area contributed by atoms with Gasteiger partial charge in [0.25, 0.3) is 5.91 Å². The number of rotatable bonds is 5. The Balaban J connectivity index is 2.52. The van der Waals surface area contributed by atoms with Gasteiger partial charge < -0.3 is 14.8 Å². The Morgan fingerprint density at radius 2 is 2.17 bits per heavy atom. The second-order valence-corrected chi connectivity index (χ2v) is 4.00. The van der Waals surface area contributed by atoms with E-state index in [2.05, 4.69) is 10.1 Å². The molecule has 18 heavy (non-hydrogen) atoms. The Labute approximate surface area is 110 Å². The maximum absolute atomic E-state index is 11.7. The molecular weight excluding hydrogens is 258 g/mol. The average molecular weight is 272 g/mol. The third kappa shape index (κ3) is 4.73. The number of anilines is 1. The van der Waals surface area contributed by atoms with Crippen molar-refractivity contribution >= 4 is 29.2 Å². The lowest BCUT2D eigenvalue weighted by Gasteiger charge is -2.13. The van der Waals surface area contributed by atoms with Gasteiger partial charge in [-0.05, 0) is 25.1 Å². The van der Waals surface area contributed by atoms with Crippen LogP contribution in [0.1, 0.15) is 6.92 Å². The number of ether oxygens (including phenoxy) is 2. The summed E-state index contributed by atoms with van der Waals surface area (Å²) in [6.07, 6.45) is -0.897. The summed E-state index contributed by atoms with van der Waals surface area (Å²) in [5, 5.41) is 3.10. The topological polar surface area (TPSA) is 64.6 Å². The molecule has 0 aliphatic rings. The van der Waals surface area contributed by atoms with Crippen LogP contribution in [0.2, 0.25) is 5.02 Å². The zero-order chi connectivity index (χ0) is 13.5. The van der Waals surface area contributed by atoms with Gasteiger partial charge in [-0.15, -0.1) is 0 Å². The Morgan fingerprint density at radius 3 is 2.78 bits per heavy atom. The SMILES string of the molecule is COCC(=O)O[C@H](C)C(=O)Nc1cccc(Cl)c1. The zero-order valence-corrected chi connectivity index (χ0v) is 10.9. The highest BCUT2D eigenvalue weighted by Gasteiger charge is 2.17. The number of methoxy groups -OCH3 is 1. The molecule has 0 saturated heterocycles. The van der Waals surface area contributed by atoms with Crippen molar-refractivity contribution in [1.29, 1.82) is 0 Å². The van der Waals surface area contributed by atoms with Crippen molar-refractivity contribution in [1.82, 2.24) is 0 Å². The maximum atomic E-state index is 11.7. The van der Waals surface area contributed by atoms with E-state index >= 15 is 0 Å². The highest BCUT2D eigenvalue weighted by molar-refractivity contribution is 6.30. The van der Waals surface area contributed by atoms with Crippen LogP contribution in [0.25, 0.3) is 0 Å². The molecule has 98 valence electrons. The third-order valence-electron chi connectivity index (χ3n) is 2.03. The van der Waals surface area contributed by atoms with Gasteiger partial charge in [0.05, 0.1) is 0 Å². The molecule has 1 rings (SSSR count). The number of carbonyl (C=O) groups excluding carboxylic acids is 2. The van der Waals surface area contributed by atoms with Crippen molar-refractivity contribution in [2.75, 3.05) is 19.0 Å². The van der Waals surface area contributed by atoms with Crippen molar-refractivity contribution in [3.63, 3.8) is 0 Å². The number of carbonyl (C=O) groups is 2. The van der Waals surface area contributed by atoms with E-state index in [4.69, 9.17) is 16.3 Å². The Kier molecular flexibility index (Phi) is 5.61. The molecule has 0 aromatic heterocycles. The Morgan fingerprint density at radius 1 is 1.44 bits per heavy atom. The van der Waals surface area contributed by atoms with E-state index in [-0.39, 0.29) is 6.61 Å². The summed E-state index contributed by atoms with van der Waals surface area (Å²) in [7, 11) is 1.37. The molecule has 0 aliphatic carbocycles. The van der Waals surface area contributed by atoms with Gasteiger partial charge >= 0.3 is 5.97 Å². The number of nitrogens with one attached hydrogen (secondary N) is 1. The van der Waals surface area contributed by atoms with Gasteiger partial charge in [0.15, 0.2) is 6.10 Å². The summed E-state index contributed by atoms with van der Waals surface area (Å²) in [4.78, 5) is 22.8. The van der Waals surface area contributed by atoms with E-state index in [1.807, 2.05) is 0 Å². The largest absolute Gasteiger partial charge is 0.451 e. The number of benzene rings is 1. The lowest BCUT2D eigenvalue weighted by Crippen LogP contribution is -2.31. The van der Waals surface area contributed by atoms with Gasteiger partial charge in [0.2, 0.25) is 0 Å². The first-order chi connectivity index (χ1) is 8.52. The zero-order valence-electron chi connectivity index (χ0n) is 10.1. The van der Waals surface area contributed by atoms with E-state index in [9.17, 15) is 9.59 Å². The minimum absolute atomic E-state index is 0.186. The highest BCUT2D eigenvalue weighted by atomic mass is 35.5. The minimum Gasteiger partial charge on any atom is -0.451 e. The monoisotopic (exact) mass is 271 g/mol. The fraction of sp³-hybridized carbons (Fsp3) is 0.333. The maximum Gasteiger partial charge on any atom is 0.332 e. The molecule has 5 nitrogen and oxygen atoms in total. The van der Waals surface area contributed by atoms with Crippen LogP contribution in [0, 0.1) is 0 Å². The highest BCUT2D eigenvalue weighted by Crippen LogP contribution is 2.15. The predicted molar refractivity (Wildman–Crippen MR) is 67.5 cm³/mol. The van der Waals surface area contributed by atoms with Crippen molar-refractivity contribution in [2.24, 2.45) is 0 Å². The van der Waals surface area contributed by atoms with Crippen molar-refractivity contribution < 1.29 is 19.1 Å². The van der Waals surface area contributed by atoms with Crippen molar-refractivity contribution in [3.05, 3.63) is 29.3 Å². The molecular formula is C12H14ClNO4. The average Bonchev–Trinajstić information content (AvgIpc) is 2.29. The first-order valence-electron chi connectivity index (χ1n) is 5.27. The fourth-order valence-corrected chi connectivity index (χ4v) is 1.40. The molecule has 6 heteroatoms. The van der Waals surface area contributed by atoms with Crippen LogP contribution in [0.15, 0.2) is 24.3 Å². The molecule has 1 aromatic rings. The van der Waals surface area contributed by atoms with E-state index < -0.39 is 18.0 Å². The summed E-state index contributed by atoms with van der Waals surface area (Å²) in [5.41, 5.74) is 0.544. The number of halogens is 1. The standard InChI is InChI=1S/C12H14ClNO4/c1-8(18-11(15)7-17-2)12(16)14-10-5-3-4-9(13)6-10/h3-6,8H,7H2,1-2H3,(H,14,16)/t8-/m1/s1. The van der Waals surface area contributed by atoms with Crippen LogP contribution in [-0.4, -0.2) is 31.7 Å². The molecule has 1 atom stereocenters. The first kappa shape index (κ1) is 14.5. The molecule has 0 radical (unpaired) electrons. The van der Waals surface area contributed by atoms with Crippen LogP contribution >= 0.6 is 11.6 Å². The third-order valence-corrected chi connectivity index (χ3v) is 2.27. The number of hydrogen-bond donors (Lipinski definition) is 1. The van der Waals surface area contributed by atoms with Crippen LogP contribution in [-0.2, 0) is 19.1 Å². The van der Waals surface area contributed by atoms with E-state index in [1.165, 1.54) is 14.0 Å². The van der Waals surface area contributed by atoms with E-state index in [0.717, 1.165) is 0 Å². The van der Waals surface area contributed by atoms with Gasteiger partial charge in [0.1, 0.15) is 6.61 Å². The lowest BCUT2D eigenvalue weighted by molar-refractivity contribution is -0.156. The first-order valence-corrected chi connectivity index (χ1v) is 5.65. The molecule has 1 amide bonds. The smallest absolute Gasteiger partial charge is 0.332 e. The number of esters is 1. The molecule has 0 spiro atoms. The number of hydrogen-bond acceptors (Lipinski definition) is 4. The van der Waals surface area contributed by atoms with Gasteiger partial charge in [-0.25, -0.2) is 4.79 Å². The molecule has 0 aliphatic heterocycles. The summed E-state index contributed by atoms with van der Waals surface area (Å²) in [6.45, 7) is 1.29. The fourth-order valence-electron chi connectivity index (χ4n) is 1.21. The van der Waals surface area contributed by atoms with Crippen LogP contribution in [0.3, 0.4) is 0 Å². The van der Waals surface area contributed by atoms with Gasteiger partial charge in [-0.3, -0.25) is 4.79 Å². The van der Waals surface area contributed by atoms with Crippen LogP contribution in [0.4, 0.5) is 5.69 Å². The van der Waals surface area contributed by atoms with Crippen LogP contribution < -0.4 is 5.32 Å². The molecule has 1 N–H and O–H groups in total. The number of amides is 1. The van der Waals surface area contributed by atoms with Gasteiger partial charge in [0, 0.05) is 17.8 Å². The summed E-state index contributed by atoms with van der Waals surface area (Å²) in [5.74, 6) is -1.02. The van der Waals surface area contributed by atoms with Gasteiger partial charge in [-0.1, -0.05) is 17.7 Å². The Bertz CT molecular complexity index is 436. The summed E-state index contributed by atoms with van der Waals surface area (Å²) in [6, 6.07) is 6.69. The molecule has 0 fully saturated rings. The molecule has 0 unspecified atom stereocenters. The molecule has 0 saturated carbocycles. The summed E-state index contributed by atoms with van der Waals surface area (Å²) >= 11 is 5.78. The predicted octanol–water partition coefficient (Wildman–Crippen LogP) is 1.86. The van der Waals surface area contributed by atoms with E-state index in [0.29, 0.717) is 10.7 Å². The summed E-state index contributed by atoms with van der Waals surface area (Å²) < 4.78 is 9.44. The Hall–Kier alpha value is -1.59. The van der Waals surface area contributed by atoms with Crippen molar-refractivity contribution in [2.45, 2.75) is 13.0 Å². The molecule has 0 heterocycles. The lowest BCUT2D eigenvalue weighted by atomic mass is 10.3. The molecule has 1 aromatic carbocycles.